The molecule has 4 aromatic carbocycles. The smallest absolute Gasteiger partial charge is 0.246 e. The van der Waals surface area contributed by atoms with Crippen LogP contribution >= 0.6 is 0 Å². The summed E-state index contributed by atoms with van der Waals surface area (Å²) in [7, 11) is -3.75. The lowest BCUT2D eigenvalue weighted by Gasteiger charge is -2.31. The van der Waals surface area contributed by atoms with Gasteiger partial charge in [0.25, 0.3) is 0 Å². The summed E-state index contributed by atoms with van der Waals surface area (Å²) < 4.78 is 28.9. The minimum Gasteiger partial charge on any atom is -0.355 e. The second-order valence-corrected chi connectivity index (χ2v) is 12.5. The zero-order valence-electron chi connectivity index (χ0n) is 23.6. The van der Waals surface area contributed by atoms with Crippen molar-refractivity contribution in [2.24, 2.45) is 0 Å². The molecule has 0 saturated carbocycles. The zero-order valence-corrected chi connectivity index (χ0v) is 24.4. The summed E-state index contributed by atoms with van der Waals surface area (Å²) in [5, 5.41) is 12.4. The van der Waals surface area contributed by atoms with E-state index in [1.165, 1.54) is 0 Å². The molecule has 7 nitrogen and oxygen atoms in total. The summed E-state index contributed by atoms with van der Waals surface area (Å²) >= 11 is 0. The van der Waals surface area contributed by atoms with Crippen molar-refractivity contribution in [1.29, 1.82) is 5.26 Å². The number of sulfonamides is 1. The number of hydrogen-bond acceptors (Lipinski definition) is 5. The van der Waals surface area contributed by atoms with Gasteiger partial charge in [-0.1, -0.05) is 66.7 Å². The number of nitrogens with one attached hydrogen (secondary N) is 2. The predicted molar refractivity (Wildman–Crippen MR) is 164 cm³/mol. The Morgan fingerprint density at radius 1 is 0.902 bits per heavy atom. The van der Waals surface area contributed by atoms with Gasteiger partial charge in [0.2, 0.25) is 15.9 Å². The minimum absolute atomic E-state index is 0.191. The van der Waals surface area contributed by atoms with Crippen molar-refractivity contribution < 1.29 is 13.2 Å². The topological polar surface area (TPSA) is 102 Å². The first kappa shape index (κ1) is 29.5. The molecule has 0 bridgehead atoms. The molecule has 0 heterocycles. The van der Waals surface area contributed by atoms with E-state index < -0.39 is 21.6 Å². The molecule has 1 unspecified atom stereocenters. The summed E-state index contributed by atoms with van der Waals surface area (Å²) in [5.74, 6) is -0.214. The number of hydrogen-bond donors (Lipinski definition) is 2. The van der Waals surface area contributed by atoms with Crippen molar-refractivity contribution in [1.82, 2.24) is 4.72 Å². The predicted octanol–water partition coefficient (Wildman–Crippen LogP) is 6.34. The quantitative estimate of drug-likeness (QED) is 0.246. The molecule has 0 aliphatic heterocycles. The second-order valence-electron chi connectivity index (χ2n) is 10.9. The van der Waals surface area contributed by atoms with Crippen LogP contribution in [0.1, 0.15) is 38.8 Å². The van der Waals surface area contributed by atoms with E-state index in [9.17, 15) is 18.5 Å². The molecule has 0 aromatic heterocycles. The molecule has 0 saturated heterocycles. The first-order valence-electron chi connectivity index (χ1n) is 13.3. The van der Waals surface area contributed by atoms with Crippen molar-refractivity contribution in [2.45, 2.75) is 50.7 Å². The number of rotatable bonds is 9. The number of benzene rings is 4. The van der Waals surface area contributed by atoms with Crippen molar-refractivity contribution in [3.8, 4) is 17.2 Å². The second kappa shape index (κ2) is 12.4. The average molecular weight is 567 g/mol. The van der Waals surface area contributed by atoms with E-state index in [-0.39, 0.29) is 10.8 Å². The summed E-state index contributed by atoms with van der Waals surface area (Å²) in [6.07, 6.45) is 0. The van der Waals surface area contributed by atoms with Gasteiger partial charge in [-0.05, 0) is 75.2 Å². The van der Waals surface area contributed by atoms with Gasteiger partial charge >= 0.3 is 0 Å². The lowest BCUT2D eigenvalue weighted by molar-refractivity contribution is -0.117. The van der Waals surface area contributed by atoms with Gasteiger partial charge < -0.3 is 10.2 Å². The van der Waals surface area contributed by atoms with Gasteiger partial charge in [-0.3, -0.25) is 4.79 Å². The van der Waals surface area contributed by atoms with E-state index in [1.54, 1.807) is 81.4 Å². The average Bonchev–Trinajstić information content (AvgIpc) is 2.95. The van der Waals surface area contributed by atoms with Gasteiger partial charge in [0, 0.05) is 29.0 Å². The van der Waals surface area contributed by atoms with Crippen molar-refractivity contribution in [2.75, 3.05) is 10.2 Å². The van der Waals surface area contributed by atoms with Gasteiger partial charge in [0.15, 0.2) is 0 Å². The molecule has 0 fully saturated rings. The number of amides is 1. The Balaban J connectivity index is 1.56. The number of nitriles is 1. The van der Waals surface area contributed by atoms with Crippen LogP contribution in [0.15, 0.2) is 108 Å². The molecule has 2 N–H and O–H groups in total. The van der Waals surface area contributed by atoms with Gasteiger partial charge in [-0.2, -0.15) is 5.26 Å². The Morgan fingerprint density at radius 3 is 2.22 bits per heavy atom. The van der Waals surface area contributed by atoms with Crippen LogP contribution in [0.3, 0.4) is 0 Å². The maximum atomic E-state index is 13.4. The van der Waals surface area contributed by atoms with Crippen LogP contribution in [0.2, 0.25) is 0 Å². The van der Waals surface area contributed by atoms with E-state index in [0.29, 0.717) is 28.9 Å². The first-order chi connectivity index (χ1) is 19.5. The van der Waals surface area contributed by atoms with E-state index in [1.807, 2.05) is 54.3 Å². The normalized spacial score (nSPS) is 12.3. The number of carbonyl (C=O) groups excluding carboxylic acids is 1. The highest BCUT2D eigenvalue weighted by molar-refractivity contribution is 7.89. The monoisotopic (exact) mass is 566 g/mol. The summed E-state index contributed by atoms with van der Waals surface area (Å²) in [6, 6.07) is 32.6. The van der Waals surface area contributed by atoms with Crippen molar-refractivity contribution in [3.05, 3.63) is 114 Å². The Bertz CT molecular complexity index is 1660. The number of anilines is 2. The zero-order chi connectivity index (χ0) is 29.6. The SMILES string of the molecule is CC(C(=O)Nc1ccc(-c2ccccc2S(=O)(=O)NC(C)(C)C)cc1)N(Cc1ccccc1)c1cccc(C#N)c1. The summed E-state index contributed by atoms with van der Waals surface area (Å²) in [5.41, 5.74) is 3.57. The van der Waals surface area contributed by atoms with Crippen LogP contribution in [-0.4, -0.2) is 25.9 Å². The Kier molecular flexibility index (Phi) is 8.92. The molecule has 0 spiro atoms. The van der Waals surface area contributed by atoms with Crippen LogP contribution in [0.4, 0.5) is 11.4 Å². The number of carbonyl (C=O) groups is 1. The minimum atomic E-state index is -3.75. The third kappa shape index (κ3) is 7.60. The maximum absolute atomic E-state index is 13.4. The van der Waals surface area contributed by atoms with E-state index in [0.717, 1.165) is 11.3 Å². The highest BCUT2D eigenvalue weighted by atomic mass is 32.2. The molecule has 0 aliphatic carbocycles. The van der Waals surface area contributed by atoms with E-state index in [4.69, 9.17) is 0 Å². The Morgan fingerprint density at radius 2 is 1.56 bits per heavy atom. The van der Waals surface area contributed by atoms with Crippen molar-refractivity contribution >= 4 is 27.3 Å². The fraction of sp³-hybridized carbons (Fsp3) is 0.212. The van der Waals surface area contributed by atoms with E-state index in [2.05, 4.69) is 16.1 Å². The molecule has 4 rings (SSSR count). The number of nitrogens with zero attached hydrogens (tertiary/aromatic N) is 2. The molecule has 0 radical (unpaired) electrons. The van der Waals surface area contributed by atoms with Crippen LogP contribution in [0.25, 0.3) is 11.1 Å². The Hall–Kier alpha value is -4.45. The van der Waals surface area contributed by atoms with Crippen LogP contribution in [-0.2, 0) is 21.4 Å². The highest BCUT2D eigenvalue weighted by Gasteiger charge is 2.25. The maximum Gasteiger partial charge on any atom is 0.246 e. The van der Waals surface area contributed by atoms with Crippen LogP contribution in [0.5, 0.6) is 0 Å². The fourth-order valence-electron chi connectivity index (χ4n) is 4.50. The van der Waals surface area contributed by atoms with Crippen LogP contribution in [0, 0.1) is 11.3 Å². The molecule has 1 amide bonds. The molecule has 4 aromatic rings. The molecule has 41 heavy (non-hydrogen) atoms. The third-order valence-corrected chi connectivity index (χ3v) is 8.25. The Labute approximate surface area is 242 Å². The van der Waals surface area contributed by atoms with Gasteiger partial charge in [-0.25, -0.2) is 13.1 Å². The molecule has 1 atom stereocenters. The van der Waals surface area contributed by atoms with Gasteiger partial charge in [0.05, 0.1) is 16.5 Å². The molecule has 210 valence electrons. The fourth-order valence-corrected chi connectivity index (χ4v) is 6.15. The van der Waals surface area contributed by atoms with E-state index >= 15 is 0 Å². The van der Waals surface area contributed by atoms with Gasteiger partial charge in [-0.15, -0.1) is 0 Å². The van der Waals surface area contributed by atoms with Crippen molar-refractivity contribution in [3.63, 3.8) is 0 Å². The first-order valence-corrected chi connectivity index (χ1v) is 14.8. The third-order valence-electron chi connectivity index (χ3n) is 6.43. The molecular weight excluding hydrogens is 532 g/mol. The molecular formula is C33H34N4O3S. The van der Waals surface area contributed by atoms with Gasteiger partial charge in [0.1, 0.15) is 6.04 Å². The lowest BCUT2D eigenvalue weighted by atomic mass is 10.1. The summed E-state index contributed by atoms with van der Waals surface area (Å²) in [4.78, 5) is 15.6. The summed E-state index contributed by atoms with van der Waals surface area (Å²) in [6.45, 7) is 7.71. The lowest BCUT2D eigenvalue weighted by Crippen LogP contribution is -2.42. The molecule has 0 aliphatic rings. The van der Waals surface area contributed by atoms with Crippen LogP contribution < -0.4 is 14.9 Å². The highest BCUT2D eigenvalue weighted by Crippen LogP contribution is 2.29. The molecule has 8 heteroatoms. The largest absolute Gasteiger partial charge is 0.355 e. The standard InChI is InChI=1S/C33H34N4O3S/c1-24(37(23-25-11-6-5-7-12-25)29-14-10-13-26(21-29)22-34)32(38)35-28-19-17-27(18-20-28)30-15-8-9-16-31(30)41(39,40)36-33(2,3)4/h5-21,24,36H,23H2,1-4H3,(H,35,38).